The highest BCUT2D eigenvalue weighted by Gasteiger charge is 2.20. The van der Waals surface area contributed by atoms with Crippen molar-refractivity contribution in [2.75, 3.05) is 32.9 Å². The summed E-state index contributed by atoms with van der Waals surface area (Å²) in [5.74, 6) is 0. The minimum Gasteiger partial charge on any atom is -0.398 e. The summed E-state index contributed by atoms with van der Waals surface area (Å²) in [4.78, 5) is 3.10. The van der Waals surface area contributed by atoms with Crippen LogP contribution in [0.4, 0.5) is 5.69 Å². The Kier molecular flexibility index (Phi) is 4.73. The van der Waals surface area contributed by atoms with Gasteiger partial charge in [0.25, 0.3) is 0 Å². The largest absolute Gasteiger partial charge is 0.398 e. The van der Waals surface area contributed by atoms with Gasteiger partial charge in [0.2, 0.25) is 0 Å². The Labute approximate surface area is 101 Å². The third-order valence-corrected chi connectivity index (χ3v) is 3.16. The zero-order valence-electron chi connectivity index (χ0n) is 10.2. The molecule has 0 aromatic carbocycles. The molecule has 16 heavy (non-hydrogen) atoms. The highest BCUT2D eigenvalue weighted by molar-refractivity contribution is 7.10. The number of thiophene rings is 1. The van der Waals surface area contributed by atoms with Crippen molar-refractivity contribution in [3.8, 4) is 0 Å². The van der Waals surface area contributed by atoms with Crippen molar-refractivity contribution < 1.29 is 5.11 Å². The van der Waals surface area contributed by atoms with Crippen molar-refractivity contribution in [1.29, 1.82) is 0 Å². The second-order valence-electron chi connectivity index (χ2n) is 4.64. The summed E-state index contributed by atoms with van der Waals surface area (Å²) in [6.45, 7) is 3.74. The normalized spacial score (nSPS) is 15.3. The number of nitrogens with one attached hydrogen (secondary N) is 1. The predicted molar refractivity (Wildman–Crippen MR) is 69.6 cm³/mol. The molecule has 0 saturated heterocycles. The van der Waals surface area contributed by atoms with E-state index in [4.69, 9.17) is 5.73 Å². The van der Waals surface area contributed by atoms with Gasteiger partial charge in [0.15, 0.2) is 0 Å². The molecule has 92 valence electrons. The minimum absolute atomic E-state index is 0.558. The molecule has 0 radical (unpaired) electrons. The van der Waals surface area contributed by atoms with Gasteiger partial charge in [-0.2, -0.15) is 0 Å². The summed E-state index contributed by atoms with van der Waals surface area (Å²) in [6.07, 6.45) is 0. The Morgan fingerprint density at radius 3 is 2.75 bits per heavy atom. The second-order valence-corrected chi connectivity index (χ2v) is 5.64. The van der Waals surface area contributed by atoms with Crippen molar-refractivity contribution in [2.24, 2.45) is 0 Å². The fourth-order valence-electron chi connectivity index (χ4n) is 1.68. The molecule has 0 fully saturated rings. The van der Waals surface area contributed by atoms with Gasteiger partial charge in [-0.05, 0) is 32.5 Å². The van der Waals surface area contributed by atoms with Gasteiger partial charge < -0.3 is 21.1 Å². The lowest BCUT2D eigenvalue weighted by atomic mass is 10.1. The monoisotopic (exact) mass is 243 g/mol. The SMILES string of the molecule is CN(C)CC(C)(O)CNCc1sccc1N. The first-order chi connectivity index (χ1) is 7.41. The topological polar surface area (TPSA) is 61.5 Å². The first-order valence-electron chi connectivity index (χ1n) is 5.30. The fourth-order valence-corrected chi connectivity index (χ4v) is 2.45. The standard InChI is InChI=1S/C11H21N3OS/c1-11(15,8-14(2)3)7-13-6-10-9(12)4-5-16-10/h4-5,13,15H,6-8,12H2,1-3H3. The van der Waals surface area contributed by atoms with Gasteiger partial charge >= 0.3 is 0 Å². The molecular formula is C11H21N3OS. The number of hydrogen-bond donors (Lipinski definition) is 3. The maximum Gasteiger partial charge on any atom is 0.0869 e. The Morgan fingerprint density at radius 2 is 2.25 bits per heavy atom. The van der Waals surface area contributed by atoms with E-state index < -0.39 is 5.60 Å². The molecule has 0 bridgehead atoms. The molecule has 4 nitrogen and oxygen atoms in total. The first kappa shape index (κ1) is 13.4. The van der Waals surface area contributed by atoms with Crippen LogP contribution in [0, 0.1) is 0 Å². The van der Waals surface area contributed by atoms with E-state index in [1.54, 1.807) is 11.3 Å². The van der Waals surface area contributed by atoms with Gasteiger partial charge in [0.1, 0.15) is 0 Å². The Hall–Kier alpha value is -0.620. The van der Waals surface area contributed by atoms with E-state index in [0.29, 0.717) is 19.6 Å². The molecule has 0 amide bonds. The fraction of sp³-hybridized carbons (Fsp3) is 0.636. The van der Waals surface area contributed by atoms with E-state index in [2.05, 4.69) is 5.32 Å². The third-order valence-electron chi connectivity index (χ3n) is 2.23. The molecule has 0 spiro atoms. The summed E-state index contributed by atoms with van der Waals surface area (Å²) in [7, 11) is 3.90. The third kappa shape index (κ3) is 4.49. The molecule has 1 rings (SSSR count). The van der Waals surface area contributed by atoms with Crippen molar-refractivity contribution >= 4 is 17.0 Å². The molecule has 5 heteroatoms. The van der Waals surface area contributed by atoms with E-state index in [1.807, 2.05) is 37.4 Å². The van der Waals surface area contributed by atoms with Crippen LogP contribution >= 0.6 is 11.3 Å². The number of aliphatic hydroxyl groups is 1. The quantitative estimate of drug-likeness (QED) is 0.689. The van der Waals surface area contributed by atoms with E-state index in [1.165, 1.54) is 0 Å². The van der Waals surface area contributed by atoms with E-state index in [9.17, 15) is 5.11 Å². The molecule has 0 aliphatic rings. The molecule has 0 saturated carbocycles. The van der Waals surface area contributed by atoms with Crippen molar-refractivity contribution in [3.63, 3.8) is 0 Å². The number of likely N-dealkylation sites (N-methyl/N-ethyl adjacent to an activating group) is 1. The van der Waals surface area contributed by atoms with E-state index >= 15 is 0 Å². The molecule has 0 aliphatic heterocycles. The average Bonchev–Trinajstić information content (AvgIpc) is 2.49. The molecule has 1 heterocycles. The van der Waals surface area contributed by atoms with Crippen LogP contribution in [-0.4, -0.2) is 42.8 Å². The zero-order valence-corrected chi connectivity index (χ0v) is 11.0. The zero-order chi connectivity index (χ0) is 12.2. The average molecular weight is 243 g/mol. The number of hydrogen-bond acceptors (Lipinski definition) is 5. The van der Waals surface area contributed by atoms with Crippen LogP contribution in [0.15, 0.2) is 11.4 Å². The Balaban J connectivity index is 2.32. The molecule has 0 aliphatic carbocycles. The molecule has 1 atom stereocenters. The van der Waals surface area contributed by atoms with Crippen LogP contribution in [0.2, 0.25) is 0 Å². The van der Waals surface area contributed by atoms with E-state index in [0.717, 1.165) is 10.6 Å². The summed E-state index contributed by atoms with van der Waals surface area (Å²) in [5.41, 5.74) is 5.88. The Morgan fingerprint density at radius 1 is 1.56 bits per heavy atom. The molecule has 1 aromatic heterocycles. The van der Waals surface area contributed by atoms with Crippen molar-refractivity contribution in [3.05, 3.63) is 16.3 Å². The van der Waals surface area contributed by atoms with Gasteiger partial charge in [-0.25, -0.2) is 0 Å². The molecule has 4 N–H and O–H groups in total. The maximum atomic E-state index is 10.1. The van der Waals surface area contributed by atoms with Crippen LogP contribution in [0.25, 0.3) is 0 Å². The summed E-state index contributed by atoms with van der Waals surface area (Å²) >= 11 is 1.63. The van der Waals surface area contributed by atoms with Gasteiger partial charge in [-0.15, -0.1) is 11.3 Å². The molecule has 1 unspecified atom stereocenters. The predicted octanol–water partition coefficient (Wildman–Crippen LogP) is 0.732. The van der Waals surface area contributed by atoms with Gasteiger partial charge in [-0.1, -0.05) is 0 Å². The van der Waals surface area contributed by atoms with Crippen molar-refractivity contribution in [2.45, 2.75) is 19.1 Å². The number of anilines is 1. The smallest absolute Gasteiger partial charge is 0.0869 e. The lowest BCUT2D eigenvalue weighted by Gasteiger charge is -2.27. The van der Waals surface area contributed by atoms with Gasteiger partial charge in [0, 0.05) is 30.2 Å². The molecule has 1 aromatic rings. The van der Waals surface area contributed by atoms with Crippen LogP contribution in [0.5, 0.6) is 0 Å². The van der Waals surface area contributed by atoms with Gasteiger partial charge in [-0.3, -0.25) is 0 Å². The van der Waals surface area contributed by atoms with Crippen LogP contribution in [-0.2, 0) is 6.54 Å². The number of rotatable bonds is 6. The molecular weight excluding hydrogens is 222 g/mol. The Bertz CT molecular complexity index is 323. The van der Waals surface area contributed by atoms with Crippen LogP contribution in [0.3, 0.4) is 0 Å². The van der Waals surface area contributed by atoms with Crippen LogP contribution < -0.4 is 11.1 Å². The first-order valence-corrected chi connectivity index (χ1v) is 6.18. The lowest BCUT2D eigenvalue weighted by molar-refractivity contribution is 0.0336. The number of nitrogens with two attached hydrogens (primary N) is 1. The summed E-state index contributed by atoms with van der Waals surface area (Å²) in [6, 6.07) is 1.90. The minimum atomic E-state index is -0.713. The maximum absolute atomic E-state index is 10.1. The highest BCUT2D eigenvalue weighted by atomic mass is 32.1. The summed E-state index contributed by atoms with van der Waals surface area (Å²) < 4.78 is 0. The second kappa shape index (κ2) is 5.63. The highest BCUT2D eigenvalue weighted by Crippen LogP contribution is 2.18. The lowest BCUT2D eigenvalue weighted by Crippen LogP contribution is -2.45. The number of nitrogen functional groups attached to an aromatic ring is 1. The van der Waals surface area contributed by atoms with E-state index in [-0.39, 0.29) is 0 Å². The van der Waals surface area contributed by atoms with Gasteiger partial charge in [0.05, 0.1) is 5.60 Å². The number of nitrogens with zero attached hydrogens (tertiary/aromatic N) is 1. The van der Waals surface area contributed by atoms with Crippen molar-refractivity contribution in [1.82, 2.24) is 10.2 Å². The van der Waals surface area contributed by atoms with Crippen LogP contribution in [0.1, 0.15) is 11.8 Å². The summed E-state index contributed by atoms with van der Waals surface area (Å²) in [5, 5.41) is 15.3.